The summed E-state index contributed by atoms with van der Waals surface area (Å²) in [5.74, 6) is -4.01. The van der Waals surface area contributed by atoms with E-state index in [0.29, 0.717) is 60.0 Å². The Hall–Kier alpha value is -10.8. The number of aromatic carboxylic acids is 1. The second-order valence-corrected chi connectivity index (χ2v) is 21.6. The molecule has 0 fully saturated rings. The highest BCUT2D eigenvalue weighted by Gasteiger charge is 2.33. The first-order valence-electron chi connectivity index (χ1n) is 26.0. The molecule has 6 N–H and O–H groups in total. The van der Waals surface area contributed by atoms with Crippen molar-refractivity contribution in [2.75, 3.05) is 39.0 Å². The van der Waals surface area contributed by atoms with Gasteiger partial charge in [-0.3, -0.25) is 14.4 Å². The van der Waals surface area contributed by atoms with Gasteiger partial charge in [0.15, 0.2) is 46.5 Å². The van der Waals surface area contributed by atoms with Gasteiger partial charge in [-0.05, 0) is 79.6 Å². The fourth-order valence-corrected chi connectivity index (χ4v) is 12.4. The Morgan fingerprint density at radius 1 is 0.602 bits per heavy atom. The van der Waals surface area contributed by atoms with E-state index in [4.69, 9.17) is 42.1 Å². The van der Waals surface area contributed by atoms with E-state index in [0.717, 1.165) is 82.8 Å². The number of benzene rings is 3. The van der Waals surface area contributed by atoms with E-state index >= 15 is 0 Å². The van der Waals surface area contributed by atoms with Crippen molar-refractivity contribution in [3.8, 4) is 32.5 Å². The monoisotopic (exact) mass is 1360 g/mol. The van der Waals surface area contributed by atoms with Crippen LogP contribution in [0.1, 0.15) is 109 Å². The van der Waals surface area contributed by atoms with Crippen LogP contribution in [0.3, 0.4) is 0 Å². The predicted molar refractivity (Wildman–Crippen MR) is 322 cm³/mol. The van der Waals surface area contributed by atoms with Gasteiger partial charge < -0.3 is 35.3 Å². The number of carboxylic acids is 1. The van der Waals surface area contributed by atoms with Crippen LogP contribution in [0.2, 0.25) is 0 Å². The number of esters is 3. The molecule has 0 bridgehead atoms. The number of thiophene rings is 4. The Morgan fingerprint density at radius 3 is 1.41 bits per heavy atom. The molecule has 2 aliphatic heterocycles. The van der Waals surface area contributed by atoms with Crippen LogP contribution in [0, 0.1) is 41.5 Å². The fourth-order valence-electron chi connectivity index (χ4n) is 8.52. The smallest absolute Gasteiger partial charge is 0.373 e. The Labute approximate surface area is 537 Å². The van der Waals surface area contributed by atoms with E-state index in [9.17, 15) is 65.0 Å². The first-order chi connectivity index (χ1) is 44.4. The number of methoxy groups -OCH3 is 3. The second-order valence-electron chi connectivity index (χ2n) is 18.1. The molecule has 0 saturated carbocycles. The highest BCUT2D eigenvalue weighted by Crippen LogP contribution is 2.37. The quantitative estimate of drug-likeness (QED) is 0.0178. The summed E-state index contributed by atoms with van der Waals surface area (Å²) in [5, 5.41) is 26.8. The number of fused-ring (bicyclic) bond motifs is 6. The van der Waals surface area contributed by atoms with Crippen LogP contribution in [0.25, 0.3) is 37.4 Å². The number of hydrazine groups is 1. The average Bonchev–Trinajstić information content (AvgIpc) is 1.62. The Bertz CT molecular complexity index is 4410. The summed E-state index contributed by atoms with van der Waals surface area (Å²) in [4.78, 5) is 117. The molecule has 6 aromatic heterocycles. The first-order valence-corrected chi connectivity index (χ1v) is 29.5. The number of Topliss-reactive ketones (excluding diaryl/α,β-unsaturated/α-hetero) is 3. The maximum absolute atomic E-state index is 13.5. The number of nitrogens with two attached hydrogens (primary N) is 2. The minimum Gasteiger partial charge on any atom is -0.478 e. The molecule has 0 atom stereocenters. The van der Waals surface area contributed by atoms with Crippen molar-refractivity contribution in [1.82, 2.24) is 19.6 Å². The summed E-state index contributed by atoms with van der Waals surface area (Å²) in [7, 11) is 3.99. The Kier molecular flexibility index (Phi) is 26.5. The second kappa shape index (κ2) is 33.8. The predicted octanol–water partition coefficient (Wildman–Crippen LogP) is 10.7. The third-order valence-electron chi connectivity index (χ3n) is 12.7. The lowest BCUT2D eigenvalue weighted by atomic mass is 10.0. The summed E-state index contributed by atoms with van der Waals surface area (Å²) in [5.41, 5.74) is 14.6. The van der Waals surface area contributed by atoms with Crippen LogP contribution >= 0.6 is 45.3 Å². The number of hydrogen-bond acceptors (Lipinski definition) is 23. The van der Waals surface area contributed by atoms with E-state index in [1.807, 2.05) is 13.8 Å². The van der Waals surface area contributed by atoms with E-state index in [1.54, 1.807) is 33.0 Å². The average molecular weight is 1360 g/mol. The van der Waals surface area contributed by atoms with Crippen LogP contribution < -0.4 is 17.0 Å². The normalized spacial score (nSPS) is 10.8. The summed E-state index contributed by atoms with van der Waals surface area (Å²) in [6, 6.07) is 13.0. The SMILES string of the molecule is CCc1c(C(=O)OC)csc1N.CCc1c(C(=O)OC)csc1NN.COC(=O)c1csc2c1C(=O)Cc1cc(-c3ccc(F)c(F)c3)nn1-2.O=C(O)c1csc2c1C(=O)Cc1cc(-c3ccc(F)c(F)c3)nn1-2.O=C=O.O=C=O.[C-]#[N+]CC(=O)c1ccc(F)c(F)c1. The molecule has 2 aliphatic rings. The number of nitrogens with zero attached hydrogens (tertiary/aromatic N) is 5. The van der Waals surface area contributed by atoms with Crippen molar-refractivity contribution in [2.45, 2.75) is 39.5 Å². The van der Waals surface area contributed by atoms with Gasteiger partial charge in [-0.1, -0.05) is 13.8 Å². The number of halogens is 6. The van der Waals surface area contributed by atoms with E-state index in [2.05, 4.69) is 29.9 Å². The first kappa shape index (κ1) is 72.9. The molecule has 11 rings (SSSR count). The zero-order valence-corrected chi connectivity index (χ0v) is 51.9. The van der Waals surface area contributed by atoms with Crippen LogP contribution in [-0.2, 0) is 59.1 Å². The van der Waals surface area contributed by atoms with Crippen molar-refractivity contribution in [3.63, 3.8) is 0 Å². The molecule has 23 nitrogen and oxygen atoms in total. The van der Waals surface area contributed by atoms with Gasteiger partial charge >= 0.3 is 36.2 Å². The van der Waals surface area contributed by atoms with Gasteiger partial charge in [0.25, 0.3) is 6.54 Å². The van der Waals surface area contributed by atoms with Gasteiger partial charge in [0.1, 0.15) is 15.0 Å². The maximum atomic E-state index is 13.5. The summed E-state index contributed by atoms with van der Waals surface area (Å²) < 4.78 is 95.0. The largest absolute Gasteiger partial charge is 0.478 e. The number of carboxylic acid groups (broad SMARTS) is 1. The molecule has 33 heteroatoms. The molecular formula is C60H46F6N8O15S4. The minimum absolute atomic E-state index is 0.000685. The van der Waals surface area contributed by atoms with Crippen molar-refractivity contribution < 1.29 is 98.4 Å². The number of rotatable bonds is 11. The van der Waals surface area contributed by atoms with Crippen molar-refractivity contribution >= 4 is 109 Å². The summed E-state index contributed by atoms with van der Waals surface area (Å²) in [6.07, 6.45) is 2.08. The maximum Gasteiger partial charge on any atom is 0.373 e. The molecule has 482 valence electrons. The van der Waals surface area contributed by atoms with Crippen molar-refractivity contribution in [3.05, 3.63) is 196 Å². The molecular weight excluding hydrogens is 1310 g/mol. The molecule has 0 radical (unpaired) electrons. The fraction of sp³-hybridized carbons (Fsp3) is 0.167. The summed E-state index contributed by atoms with van der Waals surface area (Å²) >= 11 is 5.09. The van der Waals surface area contributed by atoms with Crippen molar-refractivity contribution in [2.24, 2.45) is 5.84 Å². The molecule has 0 unspecified atom stereocenters. The Balaban J connectivity index is 0.000000214. The van der Waals surface area contributed by atoms with Crippen LogP contribution in [0.4, 0.5) is 36.3 Å². The molecule has 3 aromatic carbocycles. The highest BCUT2D eigenvalue weighted by molar-refractivity contribution is 7.15. The number of hydrogen-bond donors (Lipinski definition) is 4. The van der Waals surface area contributed by atoms with Crippen LogP contribution in [-0.4, -0.2) is 106 Å². The number of carbonyl (C=O) groups excluding carboxylic acids is 10. The molecule has 0 amide bonds. The molecule has 8 heterocycles. The minimum atomic E-state index is -1.17. The molecule has 9 aromatic rings. The molecule has 0 spiro atoms. The Morgan fingerprint density at radius 2 is 1.00 bits per heavy atom. The van der Waals surface area contributed by atoms with Crippen LogP contribution in [0.5, 0.6) is 0 Å². The van der Waals surface area contributed by atoms with E-state index in [1.165, 1.54) is 77.5 Å². The van der Waals surface area contributed by atoms with Gasteiger partial charge in [0.2, 0.25) is 5.78 Å². The number of nitrogen functional groups attached to an aromatic ring is 2. The lowest BCUT2D eigenvalue weighted by molar-refractivity contribution is -0.193. The zero-order chi connectivity index (χ0) is 69.0. The zero-order valence-electron chi connectivity index (χ0n) is 48.7. The molecule has 0 aliphatic carbocycles. The third-order valence-corrected chi connectivity index (χ3v) is 16.5. The third kappa shape index (κ3) is 17.4. The number of aromatic nitrogens is 4. The van der Waals surface area contributed by atoms with Gasteiger partial charge in [-0.25, -0.2) is 67.3 Å². The number of anilines is 2. The molecule has 93 heavy (non-hydrogen) atoms. The van der Waals surface area contributed by atoms with Crippen molar-refractivity contribution in [1.29, 1.82) is 0 Å². The van der Waals surface area contributed by atoms with Gasteiger partial charge in [0.05, 0.1) is 95.3 Å². The number of nitrogens with one attached hydrogen (secondary N) is 1. The standard InChI is InChI=1S/C17H10F2N2O3S.C16H8F2N2O3S.C9H5F2NO.C8H12N2O2S.C8H11NO2S.2CO2/c1-24-17(23)10-7-25-16-15(10)14(22)6-9-5-13(20-21(9)16)8-2-3-11(18)12(19)4-8;17-10-2-1-7(3-11(10)18)12-4-8-5-13(21)14-9(16(22)23)6-24-15(14)20(8)19-12;1-12-5-9(13)6-2-3-7(10)8(11)4-6;1-3-5-6(8(11)12-2)4-13-7(5)10-9;1-3-5-6(8(10)11-2)4-12-7(5)9;2*2-1-3/h2-5,7H,6H2,1H3;1-4,6H,5H2,(H,22,23);2-4H,5H2;4,10H,3,9H2,1-2H3;4H,3,9H2,1-2H3;;. The van der Waals surface area contributed by atoms with Gasteiger partial charge in [0, 0.05) is 49.3 Å². The van der Waals surface area contributed by atoms with Gasteiger partial charge in [-0.2, -0.15) is 29.4 Å². The number of ether oxygens (including phenoxy) is 3. The topological polar surface area (TPSA) is 340 Å². The van der Waals surface area contributed by atoms with Crippen LogP contribution in [0.15, 0.2) is 88.3 Å². The summed E-state index contributed by atoms with van der Waals surface area (Å²) in [6.45, 7) is 10.0. The van der Waals surface area contributed by atoms with E-state index in [-0.39, 0.29) is 83.0 Å². The lowest BCUT2D eigenvalue weighted by Crippen LogP contribution is -2.19. The molecule has 0 saturated heterocycles. The number of carbonyl (C=O) groups is 7. The number of ketones is 3. The highest BCUT2D eigenvalue weighted by atomic mass is 32.1. The van der Waals surface area contributed by atoms with Gasteiger partial charge in [-0.15, -0.1) is 45.3 Å². The lowest BCUT2D eigenvalue weighted by Gasteiger charge is -2.13. The van der Waals surface area contributed by atoms with E-state index < -0.39 is 52.6 Å².